The number of ether oxygens (including phenoxy) is 1. The van der Waals surface area contributed by atoms with Crippen molar-refractivity contribution in [1.29, 1.82) is 0 Å². The van der Waals surface area contributed by atoms with Crippen LogP contribution < -0.4 is 5.32 Å². The second-order valence-electron chi connectivity index (χ2n) is 3.28. The fourth-order valence-electron chi connectivity index (χ4n) is 1.75. The van der Waals surface area contributed by atoms with Crippen LogP contribution >= 0.6 is 0 Å². The lowest BCUT2D eigenvalue weighted by molar-refractivity contribution is -0.160. The van der Waals surface area contributed by atoms with Gasteiger partial charge < -0.3 is 10.1 Å². The summed E-state index contributed by atoms with van der Waals surface area (Å²) in [5.41, 5.74) is 0. The van der Waals surface area contributed by atoms with Gasteiger partial charge in [-0.1, -0.05) is 0 Å². The molecule has 2 fully saturated rings. The normalized spacial score (nSPS) is 30.3. The second kappa shape index (κ2) is 4.79. The molecule has 0 bridgehead atoms. The van der Waals surface area contributed by atoms with Gasteiger partial charge in [0.25, 0.3) is 0 Å². The molecule has 0 aromatic carbocycles. The monoisotopic (exact) mass is 197 g/mol. The number of piperidine rings is 1. The zero-order valence-corrected chi connectivity index (χ0v) is 8.12. The molecule has 2 rings (SSSR count). The lowest BCUT2D eigenvalue weighted by Gasteiger charge is -2.34. The first-order chi connectivity index (χ1) is 6.75. The summed E-state index contributed by atoms with van der Waals surface area (Å²) in [6.07, 6.45) is 2.26. The molecule has 2 aliphatic heterocycles. The first kappa shape index (κ1) is 10.8. The Kier molecular flexibility index (Phi) is 3.68. The molecule has 0 aromatic rings. The molecule has 2 heterocycles. The minimum Gasteiger partial charge on any atom is -0.460 e. The van der Waals surface area contributed by atoms with Crippen LogP contribution in [-0.4, -0.2) is 24.0 Å². The molecule has 0 aromatic heterocycles. The Bertz CT molecular complexity index is 216. The molecular weight excluding hydrogens is 182 g/mol. The van der Waals surface area contributed by atoms with Crippen LogP contribution in [-0.2, 0) is 14.3 Å². The van der Waals surface area contributed by atoms with E-state index in [1.54, 1.807) is 0 Å². The molecule has 0 spiro atoms. The van der Waals surface area contributed by atoms with Crippen molar-refractivity contribution in [1.82, 2.24) is 5.32 Å². The predicted octanol–water partition coefficient (Wildman–Crippen LogP) is 0.773. The van der Waals surface area contributed by atoms with Crippen molar-refractivity contribution in [2.75, 3.05) is 0 Å². The van der Waals surface area contributed by atoms with Crippen molar-refractivity contribution < 1.29 is 14.3 Å². The number of fused-ring (bicyclic) bond motifs is 1. The van der Waals surface area contributed by atoms with Crippen LogP contribution in [0.25, 0.3) is 0 Å². The van der Waals surface area contributed by atoms with Crippen LogP contribution in [0.4, 0.5) is 0 Å². The standard InChI is InChI=1S/C8H11NO3.C2H4/c10-7-3-2-6-5(9-7)1-4-8(11)12-6;1-2/h5-6H,1-4H2,(H,9,10);1-2H2. The third-order valence-corrected chi connectivity index (χ3v) is 2.39. The van der Waals surface area contributed by atoms with Gasteiger partial charge in [-0.25, -0.2) is 0 Å². The van der Waals surface area contributed by atoms with E-state index in [-0.39, 0.29) is 24.0 Å². The number of rotatable bonds is 0. The Morgan fingerprint density at radius 2 is 1.93 bits per heavy atom. The summed E-state index contributed by atoms with van der Waals surface area (Å²) in [6.45, 7) is 6.00. The number of hydrogen-bond donors (Lipinski definition) is 1. The van der Waals surface area contributed by atoms with Crippen molar-refractivity contribution in [2.45, 2.75) is 37.8 Å². The third-order valence-electron chi connectivity index (χ3n) is 2.39. The summed E-state index contributed by atoms with van der Waals surface area (Å²) in [4.78, 5) is 21.8. The molecule has 4 heteroatoms. The van der Waals surface area contributed by atoms with E-state index in [1.807, 2.05) is 0 Å². The SMILES string of the molecule is C=C.O=C1CCC2OC(=O)CCC2N1. The summed E-state index contributed by atoms with van der Waals surface area (Å²) < 4.78 is 5.08. The molecular formula is C10H15NO3. The van der Waals surface area contributed by atoms with Crippen LogP contribution in [0.5, 0.6) is 0 Å². The van der Waals surface area contributed by atoms with Gasteiger partial charge in [-0.2, -0.15) is 0 Å². The molecule has 0 aliphatic carbocycles. The van der Waals surface area contributed by atoms with Gasteiger partial charge in [0.1, 0.15) is 6.10 Å². The third kappa shape index (κ3) is 2.34. The molecule has 0 radical (unpaired) electrons. The molecule has 1 N–H and O–H groups in total. The number of carbonyl (C=O) groups is 2. The highest BCUT2D eigenvalue weighted by atomic mass is 16.5. The lowest BCUT2D eigenvalue weighted by Crippen LogP contribution is -2.52. The van der Waals surface area contributed by atoms with Crippen LogP contribution in [0.2, 0.25) is 0 Å². The quantitative estimate of drug-likeness (QED) is 0.461. The van der Waals surface area contributed by atoms with Gasteiger partial charge in [-0.3, -0.25) is 9.59 Å². The van der Waals surface area contributed by atoms with E-state index in [0.29, 0.717) is 19.3 Å². The molecule has 78 valence electrons. The molecule has 0 saturated carbocycles. The van der Waals surface area contributed by atoms with E-state index in [4.69, 9.17) is 4.74 Å². The summed E-state index contributed by atoms with van der Waals surface area (Å²) >= 11 is 0. The molecule has 1 amide bonds. The van der Waals surface area contributed by atoms with Crippen LogP contribution in [0.1, 0.15) is 25.7 Å². The number of nitrogens with one attached hydrogen (secondary N) is 1. The summed E-state index contributed by atoms with van der Waals surface area (Å²) in [6, 6.07) is 0.0731. The molecule has 2 atom stereocenters. The Balaban J connectivity index is 0.000000461. The maximum absolute atomic E-state index is 10.9. The predicted molar refractivity (Wildman–Crippen MR) is 51.5 cm³/mol. The average Bonchev–Trinajstić information content (AvgIpc) is 2.21. The van der Waals surface area contributed by atoms with Crippen LogP contribution in [0.15, 0.2) is 13.2 Å². The van der Waals surface area contributed by atoms with Crippen LogP contribution in [0.3, 0.4) is 0 Å². The van der Waals surface area contributed by atoms with Gasteiger partial charge in [-0.05, 0) is 12.8 Å². The van der Waals surface area contributed by atoms with E-state index >= 15 is 0 Å². The average molecular weight is 197 g/mol. The smallest absolute Gasteiger partial charge is 0.306 e. The minimum atomic E-state index is -0.132. The minimum absolute atomic E-state index is 0.0658. The number of hydrogen-bond acceptors (Lipinski definition) is 3. The first-order valence-corrected chi connectivity index (χ1v) is 4.74. The number of amides is 1. The van der Waals surface area contributed by atoms with Crippen LogP contribution in [0, 0.1) is 0 Å². The van der Waals surface area contributed by atoms with Crippen molar-refractivity contribution in [3.63, 3.8) is 0 Å². The van der Waals surface area contributed by atoms with E-state index in [0.717, 1.165) is 6.42 Å². The van der Waals surface area contributed by atoms with Crippen molar-refractivity contribution in [3.8, 4) is 0 Å². The number of carbonyl (C=O) groups excluding carboxylic acids is 2. The summed E-state index contributed by atoms with van der Waals surface area (Å²) in [5, 5.41) is 2.82. The van der Waals surface area contributed by atoms with Crippen molar-refractivity contribution in [2.24, 2.45) is 0 Å². The van der Waals surface area contributed by atoms with Gasteiger partial charge in [0, 0.05) is 12.8 Å². The first-order valence-electron chi connectivity index (χ1n) is 4.74. The van der Waals surface area contributed by atoms with Crippen molar-refractivity contribution in [3.05, 3.63) is 13.2 Å². The van der Waals surface area contributed by atoms with Gasteiger partial charge in [0.2, 0.25) is 5.91 Å². The van der Waals surface area contributed by atoms with E-state index in [1.165, 1.54) is 0 Å². The number of esters is 1. The Morgan fingerprint density at radius 3 is 2.64 bits per heavy atom. The summed E-state index contributed by atoms with van der Waals surface area (Å²) in [5.74, 6) is -0.0541. The zero-order chi connectivity index (χ0) is 10.6. The fraction of sp³-hybridized carbons (Fsp3) is 0.600. The molecule has 4 nitrogen and oxygen atoms in total. The lowest BCUT2D eigenvalue weighted by atomic mass is 9.94. The Labute approximate surface area is 83.3 Å². The maximum atomic E-state index is 10.9. The van der Waals surface area contributed by atoms with Gasteiger partial charge in [-0.15, -0.1) is 13.2 Å². The fourth-order valence-corrected chi connectivity index (χ4v) is 1.75. The molecule has 14 heavy (non-hydrogen) atoms. The van der Waals surface area contributed by atoms with Crippen molar-refractivity contribution >= 4 is 11.9 Å². The molecule has 2 unspecified atom stereocenters. The molecule has 2 aliphatic rings. The Hall–Kier alpha value is -1.32. The highest BCUT2D eigenvalue weighted by molar-refractivity contribution is 5.78. The van der Waals surface area contributed by atoms with Gasteiger partial charge in [0.05, 0.1) is 6.04 Å². The van der Waals surface area contributed by atoms with E-state index in [9.17, 15) is 9.59 Å². The van der Waals surface area contributed by atoms with E-state index in [2.05, 4.69) is 18.5 Å². The topological polar surface area (TPSA) is 55.4 Å². The van der Waals surface area contributed by atoms with Gasteiger partial charge in [0.15, 0.2) is 0 Å². The largest absolute Gasteiger partial charge is 0.460 e. The summed E-state index contributed by atoms with van der Waals surface area (Å²) in [7, 11) is 0. The highest BCUT2D eigenvalue weighted by Crippen LogP contribution is 2.22. The zero-order valence-electron chi connectivity index (χ0n) is 8.12. The maximum Gasteiger partial charge on any atom is 0.306 e. The Morgan fingerprint density at radius 1 is 1.21 bits per heavy atom. The molecule has 2 saturated heterocycles. The van der Waals surface area contributed by atoms with E-state index < -0.39 is 0 Å². The highest BCUT2D eigenvalue weighted by Gasteiger charge is 2.34. The van der Waals surface area contributed by atoms with Gasteiger partial charge >= 0.3 is 5.97 Å². The second-order valence-corrected chi connectivity index (χ2v) is 3.28.